The molecule has 0 unspecified atom stereocenters. The zero-order valence-corrected chi connectivity index (χ0v) is 17.4. The van der Waals surface area contributed by atoms with Gasteiger partial charge in [-0.2, -0.15) is 18.3 Å². The van der Waals surface area contributed by atoms with E-state index in [4.69, 9.17) is 4.74 Å². The maximum absolute atomic E-state index is 14.1. The van der Waals surface area contributed by atoms with E-state index in [9.17, 15) is 27.2 Å². The number of anilines is 2. The Hall–Kier alpha value is -3.96. The van der Waals surface area contributed by atoms with E-state index >= 15 is 0 Å². The van der Waals surface area contributed by atoms with Crippen LogP contribution < -0.4 is 15.0 Å². The summed E-state index contributed by atoms with van der Waals surface area (Å²) in [6.45, 7) is 1.78. The third-order valence-electron chi connectivity index (χ3n) is 5.14. The summed E-state index contributed by atoms with van der Waals surface area (Å²) in [6, 6.07) is 3.35. The zero-order chi connectivity index (χ0) is 23.9. The quantitative estimate of drug-likeness (QED) is 0.593. The van der Waals surface area contributed by atoms with Gasteiger partial charge in [-0.05, 0) is 31.2 Å². The van der Waals surface area contributed by atoms with E-state index in [1.54, 1.807) is 6.92 Å². The van der Waals surface area contributed by atoms with E-state index < -0.39 is 35.4 Å². The first-order valence-corrected chi connectivity index (χ1v) is 9.66. The van der Waals surface area contributed by atoms with Crippen molar-refractivity contribution in [2.75, 3.05) is 23.9 Å². The van der Waals surface area contributed by atoms with Crippen molar-refractivity contribution in [3.8, 4) is 5.75 Å². The lowest BCUT2D eigenvalue weighted by Crippen LogP contribution is -2.43. The van der Waals surface area contributed by atoms with E-state index in [2.05, 4.69) is 15.4 Å². The molecule has 2 amide bonds. The van der Waals surface area contributed by atoms with E-state index in [1.165, 1.54) is 36.4 Å². The number of halogens is 4. The molecule has 0 fully saturated rings. The van der Waals surface area contributed by atoms with Crippen molar-refractivity contribution >= 4 is 23.2 Å². The molecule has 1 aliphatic rings. The maximum Gasteiger partial charge on any atom is 0.419 e. The van der Waals surface area contributed by atoms with Crippen molar-refractivity contribution in [3.05, 3.63) is 65.5 Å². The van der Waals surface area contributed by atoms with Gasteiger partial charge in [-0.3, -0.25) is 19.3 Å². The number of pyridine rings is 1. The van der Waals surface area contributed by atoms with Crippen LogP contribution in [0, 0.1) is 5.82 Å². The van der Waals surface area contributed by atoms with Crippen LogP contribution in [0.15, 0.2) is 42.9 Å². The molecule has 0 saturated heterocycles. The van der Waals surface area contributed by atoms with Crippen molar-refractivity contribution in [2.24, 2.45) is 0 Å². The van der Waals surface area contributed by atoms with Crippen molar-refractivity contribution < 1.29 is 31.9 Å². The number of rotatable bonds is 4. The topological polar surface area (TPSA) is 89.3 Å². The molecule has 8 nitrogen and oxygen atoms in total. The molecular weight excluding hydrogens is 446 g/mol. The second kappa shape index (κ2) is 8.19. The molecule has 1 N–H and O–H groups in total. The van der Waals surface area contributed by atoms with Gasteiger partial charge in [0.05, 0.1) is 42.4 Å². The van der Waals surface area contributed by atoms with Crippen LogP contribution in [0.5, 0.6) is 5.75 Å². The van der Waals surface area contributed by atoms with Gasteiger partial charge in [0.1, 0.15) is 11.6 Å². The molecule has 0 spiro atoms. The Morgan fingerprint density at radius 1 is 1.21 bits per heavy atom. The number of aromatic nitrogens is 3. The number of methoxy groups -OCH3 is 1. The molecule has 1 atom stereocenters. The van der Waals surface area contributed by atoms with E-state index in [1.807, 2.05) is 0 Å². The lowest BCUT2D eigenvalue weighted by atomic mass is 10.1. The van der Waals surface area contributed by atoms with Gasteiger partial charge in [0.2, 0.25) is 0 Å². The number of hydrogen-bond donors (Lipinski definition) is 1. The highest BCUT2D eigenvalue weighted by Gasteiger charge is 2.37. The minimum atomic E-state index is -4.85. The van der Waals surface area contributed by atoms with Crippen LogP contribution in [-0.4, -0.2) is 40.2 Å². The first-order chi connectivity index (χ1) is 15.6. The van der Waals surface area contributed by atoms with E-state index in [-0.39, 0.29) is 29.2 Å². The van der Waals surface area contributed by atoms with Crippen molar-refractivity contribution in [2.45, 2.75) is 19.1 Å². The molecule has 3 heterocycles. The molecule has 33 heavy (non-hydrogen) atoms. The molecule has 0 aliphatic carbocycles. The first kappa shape index (κ1) is 22.2. The van der Waals surface area contributed by atoms with E-state index in [0.29, 0.717) is 17.9 Å². The highest BCUT2D eigenvalue weighted by Crippen LogP contribution is 2.35. The number of carbonyl (C=O) groups excluding carboxylic acids is 2. The van der Waals surface area contributed by atoms with Gasteiger partial charge < -0.3 is 15.0 Å². The Bertz CT molecular complexity index is 1240. The van der Waals surface area contributed by atoms with Crippen LogP contribution in [0.2, 0.25) is 0 Å². The summed E-state index contributed by atoms with van der Waals surface area (Å²) in [4.78, 5) is 30.9. The van der Waals surface area contributed by atoms with E-state index in [0.717, 1.165) is 11.0 Å². The molecule has 4 rings (SSSR count). The van der Waals surface area contributed by atoms with Crippen LogP contribution >= 0.6 is 0 Å². The summed E-state index contributed by atoms with van der Waals surface area (Å²) >= 11 is 0. The van der Waals surface area contributed by atoms with Crippen LogP contribution in [0.25, 0.3) is 0 Å². The lowest BCUT2D eigenvalue weighted by Gasteiger charge is -2.32. The van der Waals surface area contributed by atoms with Crippen molar-refractivity contribution in [1.82, 2.24) is 14.8 Å². The highest BCUT2D eigenvalue weighted by atomic mass is 19.4. The molecule has 1 aromatic carbocycles. The number of amides is 2. The molecule has 0 saturated carbocycles. The second-order valence-corrected chi connectivity index (χ2v) is 7.35. The summed E-state index contributed by atoms with van der Waals surface area (Å²) in [5.41, 5.74) is -1.19. The van der Waals surface area contributed by atoms with Crippen LogP contribution in [-0.2, 0) is 6.18 Å². The molecule has 12 heteroatoms. The van der Waals surface area contributed by atoms with Gasteiger partial charge in [0.25, 0.3) is 11.8 Å². The van der Waals surface area contributed by atoms with Gasteiger partial charge in [-0.15, -0.1) is 0 Å². The van der Waals surface area contributed by atoms with Crippen LogP contribution in [0.1, 0.15) is 39.4 Å². The fourth-order valence-electron chi connectivity index (χ4n) is 3.53. The number of hydrogen-bond acceptors (Lipinski definition) is 5. The third-order valence-corrected chi connectivity index (χ3v) is 5.14. The molecule has 172 valence electrons. The fraction of sp³-hybridized carbons (Fsp3) is 0.238. The average molecular weight is 463 g/mol. The smallest absolute Gasteiger partial charge is 0.419 e. The Morgan fingerprint density at radius 2 is 1.97 bits per heavy atom. The van der Waals surface area contributed by atoms with Crippen LogP contribution in [0.4, 0.5) is 28.9 Å². The summed E-state index contributed by atoms with van der Waals surface area (Å²) in [6.07, 6.45) is -0.820. The highest BCUT2D eigenvalue weighted by molar-refractivity contribution is 6.13. The Balaban J connectivity index is 1.65. The summed E-state index contributed by atoms with van der Waals surface area (Å²) in [5, 5.41) is 6.74. The standard InChI is InChI=1S/C21H17F4N5O3/c1-11-10-29(13-3-4-15(16(22)6-13)21(23,24)25)20(32)18-17(9-27-30(11)18)28-19(31)12-5-14(33-2)8-26-7-12/h3-9,11H,10H2,1-2H3,(H,28,31)/t11-/m0/s1. The normalized spacial score (nSPS) is 15.9. The molecule has 3 aromatic rings. The zero-order valence-electron chi connectivity index (χ0n) is 17.4. The predicted octanol–water partition coefficient (Wildman–Crippen LogP) is 3.92. The fourth-order valence-corrected chi connectivity index (χ4v) is 3.53. The number of fused-ring (bicyclic) bond motifs is 1. The largest absolute Gasteiger partial charge is 0.495 e. The Kier molecular flexibility index (Phi) is 5.52. The minimum Gasteiger partial charge on any atom is -0.495 e. The maximum atomic E-state index is 14.1. The molecule has 0 radical (unpaired) electrons. The van der Waals surface area contributed by atoms with Gasteiger partial charge in [-0.25, -0.2) is 4.39 Å². The first-order valence-electron chi connectivity index (χ1n) is 9.66. The number of nitrogens with zero attached hydrogens (tertiary/aromatic N) is 4. The number of carbonyl (C=O) groups is 2. The summed E-state index contributed by atoms with van der Waals surface area (Å²) in [5.74, 6) is -2.35. The number of alkyl halides is 3. The predicted molar refractivity (Wildman–Crippen MR) is 109 cm³/mol. The summed E-state index contributed by atoms with van der Waals surface area (Å²) in [7, 11) is 1.42. The molecule has 0 bridgehead atoms. The van der Waals surface area contributed by atoms with Gasteiger partial charge >= 0.3 is 6.18 Å². The molecule has 1 aliphatic heterocycles. The molecular formula is C21H17F4N5O3. The molecule has 2 aromatic heterocycles. The number of benzene rings is 1. The summed E-state index contributed by atoms with van der Waals surface area (Å²) < 4.78 is 59.2. The Labute approximate surface area is 184 Å². The lowest BCUT2D eigenvalue weighted by molar-refractivity contribution is -0.139. The van der Waals surface area contributed by atoms with Gasteiger partial charge in [0.15, 0.2) is 5.69 Å². The Morgan fingerprint density at radius 3 is 2.64 bits per heavy atom. The minimum absolute atomic E-state index is 0.0123. The number of ether oxygens (including phenoxy) is 1. The van der Waals surface area contributed by atoms with Crippen LogP contribution in [0.3, 0.4) is 0 Å². The second-order valence-electron chi connectivity index (χ2n) is 7.35. The monoisotopic (exact) mass is 463 g/mol. The third kappa shape index (κ3) is 4.11. The average Bonchev–Trinajstić information content (AvgIpc) is 3.19. The van der Waals surface area contributed by atoms with Crippen molar-refractivity contribution in [3.63, 3.8) is 0 Å². The van der Waals surface area contributed by atoms with Gasteiger partial charge in [-0.1, -0.05) is 0 Å². The SMILES string of the molecule is COc1cncc(C(=O)Nc2cnn3c2C(=O)N(c2ccc(C(F)(F)F)c(F)c2)C[C@@H]3C)c1. The van der Waals surface area contributed by atoms with Crippen molar-refractivity contribution in [1.29, 1.82) is 0 Å². The van der Waals surface area contributed by atoms with Gasteiger partial charge in [0, 0.05) is 18.4 Å². The number of nitrogens with one attached hydrogen (secondary N) is 1.